The highest BCUT2D eigenvalue weighted by Gasteiger charge is 2.22. The minimum Gasteiger partial charge on any atom is -0.464 e. The van der Waals surface area contributed by atoms with Crippen molar-refractivity contribution >= 4 is 35.4 Å². The normalized spacial score (nSPS) is 11.6. The number of hydrogen-bond acceptors (Lipinski definition) is 5. The average Bonchev–Trinajstić information content (AvgIpc) is 2.63. The van der Waals surface area contributed by atoms with E-state index < -0.39 is 11.8 Å². The van der Waals surface area contributed by atoms with Crippen LogP contribution in [0.25, 0.3) is 12.2 Å². The number of aromatic nitrogens is 1. The van der Waals surface area contributed by atoms with Crippen molar-refractivity contribution in [2.24, 2.45) is 5.73 Å². The van der Waals surface area contributed by atoms with Crippen LogP contribution in [-0.4, -0.2) is 24.6 Å². The van der Waals surface area contributed by atoms with Crippen molar-refractivity contribution in [2.75, 3.05) is 19.0 Å². The molecule has 0 aliphatic rings. The van der Waals surface area contributed by atoms with Gasteiger partial charge in [0.25, 0.3) is 0 Å². The zero-order valence-electron chi connectivity index (χ0n) is 13.8. The number of ether oxygens (including phenoxy) is 1. The highest BCUT2D eigenvalue weighted by atomic mass is 35.5. The van der Waals surface area contributed by atoms with Crippen molar-refractivity contribution in [3.8, 4) is 0 Å². The van der Waals surface area contributed by atoms with Crippen molar-refractivity contribution in [1.29, 1.82) is 0 Å². The molecule has 7 heteroatoms. The van der Waals surface area contributed by atoms with Gasteiger partial charge in [0, 0.05) is 11.3 Å². The molecule has 0 aromatic carbocycles. The Hall–Kier alpha value is -2.86. The molecule has 0 fully saturated rings. The molecule has 0 aliphatic carbocycles. The van der Waals surface area contributed by atoms with Gasteiger partial charge in [-0.25, -0.2) is 14.2 Å². The van der Waals surface area contributed by atoms with E-state index in [1.54, 1.807) is 18.2 Å². The molecule has 0 saturated carbocycles. The lowest BCUT2D eigenvalue weighted by Crippen LogP contribution is -2.17. The Bertz CT molecular complexity index is 770. The molecular formula is C18H19ClFN3O2. The zero-order chi connectivity index (χ0) is 19.0. The van der Waals surface area contributed by atoms with Crippen LogP contribution >= 0.6 is 11.6 Å². The second-order valence-corrected chi connectivity index (χ2v) is 5.08. The van der Waals surface area contributed by atoms with E-state index in [9.17, 15) is 9.18 Å². The number of pyridine rings is 1. The van der Waals surface area contributed by atoms with E-state index >= 15 is 0 Å². The number of nitrogens with two attached hydrogens (primary N) is 1. The molecule has 0 radical (unpaired) electrons. The smallest absolute Gasteiger partial charge is 0.357 e. The van der Waals surface area contributed by atoms with Crippen molar-refractivity contribution in [2.45, 2.75) is 0 Å². The lowest BCUT2D eigenvalue weighted by atomic mass is 10.1. The summed E-state index contributed by atoms with van der Waals surface area (Å²) in [6.07, 6.45) is 7.20. The van der Waals surface area contributed by atoms with Crippen LogP contribution in [0.2, 0.25) is 0 Å². The predicted octanol–water partition coefficient (Wildman–Crippen LogP) is 3.86. The molecule has 0 bridgehead atoms. The molecule has 0 unspecified atom stereocenters. The number of hydrogen-bond donors (Lipinski definition) is 2. The number of methoxy groups -OCH3 is 1. The number of allylic oxidation sites excluding steroid dienone is 4. The molecule has 0 saturated heterocycles. The third-order valence-electron chi connectivity index (χ3n) is 3.12. The number of nitrogens with one attached hydrogen (secondary N) is 1. The van der Waals surface area contributed by atoms with E-state index in [4.69, 9.17) is 17.3 Å². The monoisotopic (exact) mass is 363 g/mol. The Morgan fingerprint density at radius 1 is 1.40 bits per heavy atom. The maximum atomic E-state index is 14.6. The van der Waals surface area contributed by atoms with Gasteiger partial charge in [-0.2, -0.15) is 0 Å². The SMILES string of the molecule is C=C/C=C\C(Cl)=C(/N)CNc1c(F)c(C=C)nc(C(=O)OC)c1C=C. The zero-order valence-corrected chi connectivity index (χ0v) is 14.6. The van der Waals surface area contributed by atoms with Crippen LogP contribution in [0.3, 0.4) is 0 Å². The molecular weight excluding hydrogens is 345 g/mol. The van der Waals surface area contributed by atoms with Crippen LogP contribution in [0.1, 0.15) is 21.7 Å². The van der Waals surface area contributed by atoms with Gasteiger partial charge in [0.05, 0.1) is 24.4 Å². The van der Waals surface area contributed by atoms with E-state index in [-0.39, 0.29) is 39.9 Å². The Kier molecular flexibility index (Phi) is 7.62. The molecule has 25 heavy (non-hydrogen) atoms. The fourth-order valence-electron chi connectivity index (χ4n) is 1.88. The van der Waals surface area contributed by atoms with Gasteiger partial charge in [-0.3, -0.25) is 0 Å². The van der Waals surface area contributed by atoms with Crippen LogP contribution in [-0.2, 0) is 4.74 Å². The minimum atomic E-state index is -0.725. The summed E-state index contributed by atoms with van der Waals surface area (Å²) in [5.41, 5.74) is 6.10. The first-order chi connectivity index (χ1) is 11.9. The van der Waals surface area contributed by atoms with Crippen LogP contribution < -0.4 is 11.1 Å². The third-order valence-corrected chi connectivity index (χ3v) is 3.49. The summed E-state index contributed by atoms with van der Waals surface area (Å²) in [5, 5.41) is 3.09. The van der Waals surface area contributed by atoms with Gasteiger partial charge in [0.15, 0.2) is 11.5 Å². The maximum Gasteiger partial charge on any atom is 0.357 e. The Balaban J connectivity index is 3.36. The minimum absolute atomic E-state index is 0.000386. The summed E-state index contributed by atoms with van der Waals surface area (Å²) in [7, 11) is 1.20. The van der Waals surface area contributed by atoms with Crippen molar-refractivity contribution in [3.05, 3.63) is 71.5 Å². The molecule has 3 N–H and O–H groups in total. The topological polar surface area (TPSA) is 77.2 Å². The van der Waals surface area contributed by atoms with E-state index in [1.165, 1.54) is 19.3 Å². The molecule has 1 rings (SSSR count). The second kappa shape index (κ2) is 9.44. The number of rotatable bonds is 8. The number of carbonyl (C=O) groups is 1. The summed E-state index contributed by atoms with van der Waals surface area (Å²) in [6.45, 7) is 10.6. The lowest BCUT2D eigenvalue weighted by Gasteiger charge is -2.15. The van der Waals surface area contributed by atoms with Crippen molar-refractivity contribution in [3.63, 3.8) is 0 Å². The third kappa shape index (κ3) is 4.81. The number of esters is 1. The van der Waals surface area contributed by atoms with Gasteiger partial charge in [0.2, 0.25) is 0 Å². The van der Waals surface area contributed by atoms with Crippen LogP contribution in [0.4, 0.5) is 10.1 Å². The first-order valence-electron chi connectivity index (χ1n) is 7.14. The van der Waals surface area contributed by atoms with Gasteiger partial charge in [-0.15, -0.1) is 0 Å². The van der Waals surface area contributed by atoms with Crippen molar-refractivity contribution < 1.29 is 13.9 Å². The van der Waals surface area contributed by atoms with Gasteiger partial charge >= 0.3 is 5.97 Å². The molecule has 0 aliphatic heterocycles. The fourth-order valence-corrected chi connectivity index (χ4v) is 2.02. The molecule has 5 nitrogen and oxygen atoms in total. The predicted molar refractivity (Wildman–Crippen MR) is 101 cm³/mol. The summed E-state index contributed by atoms with van der Waals surface area (Å²) in [6, 6.07) is 0. The Labute approximate surface area is 151 Å². The number of halogens is 2. The highest BCUT2D eigenvalue weighted by Crippen LogP contribution is 2.27. The molecule has 132 valence electrons. The first kappa shape index (κ1) is 20.2. The van der Waals surface area contributed by atoms with E-state index in [1.807, 2.05) is 0 Å². The van der Waals surface area contributed by atoms with Crippen LogP contribution in [0.5, 0.6) is 0 Å². The second-order valence-electron chi connectivity index (χ2n) is 4.67. The summed E-state index contributed by atoms with van der Waals surface area (Å²) in [5.74, 6) is -1.42. The largest absolute Gasteiger partial charge is 0.464 e. The number of anilines is 1. The van der Waals surface area contributed by atoms with E-state index in [2.05, 4.69) is 34.8 Å². The van der Waals surface area contributed by atoms with Crippen molar-refractivity contribution in [1.82, 2.24) is 4.98 Å². The lowest BCUT2D eigenvalue weighted by molar-refractivity contribution is 0.0593. The molecule has 0 atom stereocenters. The summed E-state index contributed by atoms with van der Waals surface area (Å²) in [4.78, 5) is 15.8. The molecule has 1 aromatic heterocycles. The van der Waals surface area contributed by atoms with Crippen LogP contribution in [0.15, 0.2) is 48.7 Å². The van der Waals surface area contributed by atoms with E-state index in [0.29, 0.717) is 0 Å². The Morgan fingerprint density at radius 3 is 2.60 bits per heavy atom. The number of nitrogens with zero attached hydrogens (tertiary/aromatic N) is 1. The molecule has 1 heterocycles. The molecule has 0 amide bonds. The van der Waals surface area contributed by atoms with E-state index in [0.717, 1.165) is 0 Å². The van der Waals surface area contributed by atoms with Gasteiger partial charge in [-0.05, 0) is 12.2 Å². The van der Waals surface area contributed by atoms with Crippen LogP contribution in [0, 0.1) is 5.82 Å². The maximum absolute atomic E-state index is 14.6. The van der Waals surface area contributed by atoms with Gasteiger partial charge in [-0.1, -0.05) is 49.6 Å². The van der Waals surface area contributed by atoms with Gasteiger partial charge in [0.1, 0.15) is 5.69 Å². The quantitative estimate of drug-likeness (QED) is 0.541. The summed E-state index contributed by atoms with van der Waals surface area (Å²) < 4.78 is 19.3. The first-order valence-corrected chi connectivity index (χ1v) is 7.52. The molecule has 1 aromatic rings. The summed E-state index contributed by atoms with van der Waals surface area (Å²) >= 11 is 6.02. The number of carbonyl (C=O) groups excluding carboxylic acids is 1. The highest BCUT2D eigenvalue weighted by molar-refractivity contribution is 6.31. The van der Waals surface area contributed by atoms with Gasteiger partial charge < -0.3 is 15.8 Å². The average molecular weight is 364 g/mol. The Morgan fingerprint density at radius 2 is 2.08 bits per heavy atom. The molecule has 0 spiro atoms. The fraction of sp³-hybridized carbons (Fsp3) is 0.111. The standard InChI is InChI=1S/C18H19ClFN3O2/c1-5-8-9-12(19)13(21)10-22-16-11(6-2)17(18(24)25-4)23-14(7-3)15(16)20/h5-9H,1-3,10,21H2,4H3,(H,22,23)/b9-8-,13-12+.